The molecule has 1 aliphatic heterocycles. The van der Waals surface area contributed by atoms with Crippen LogP contribution in [0.1, 0.15) is 32.3 Å². The van der Waals surface area contributed by atoms with Gasteiger partial charge in [0.2, 0.25) is 10.0 Å². The highest BCUT2D eigenvalue weighted by molar-refractivity contribution is 7.89. The summed E-state index contributed by atoms with van der Waals surface area (Å²) >= 11 is 0. The Morgan fingerprint density at radius 3 is 2.34 bits per heavy atom. The smallest absolute Gasteiger partial charge is 0.380 e. The Labute approximate surface area is 215 Å². The lowest BCUT2D eigenvalue weighted by Crippen LogP contribution is -2.57. The van der Waals surface area contributed by atoms with Gasteiger partial charge in [-0.15, -0.1) is 0 Å². The third-order valence-corrected chi connectivity index (χ3v) is 8.40. The number of nitrogens with one attached hydrogen (secondary N) is 1. The number of hydrogen-bond donors (Lipinski definition) is 2. The molecule has 2 fully saturated rings. The van der Waals surface area contributed by atoms with E-state index in [0.29, 0.717) is 12.5 Å². The van der Waals surface area contributed by atoms with E-state index in [4.69, 9.17) is 0 Å². The van der Waals surface area contributed by atoms with Crippen LogP contribution in [-0.2, 0) is 21.2 Å². The number of fused-ring (bicyclic) bond motifs is 1. The van der Waals surface area contributed by atoms with Gasteiger partial charge in [-0.05, 0) is 55.9 Å². The predicted octanol–water partition coefficient (Wildman–Crippen LogP) is 3.92. The molecule has 2 aromatic carbocycles. The van der Waals surface area contributed by atoms with Crippen LogP contribution in [-0.4, -0.2) is 60.0 Å². The summed E-state index contributed by atoms with van der Waals surface area (Å²) in [5.41, 5.74) is -3.13. The summed E-state index contributed by atoms with van der Waals surface area (Å²) in [5.74, 6) is -4.73. The lowest BCUT2D eigenvalue weighted by molar-refractivity contribution is -0.188. The van der Waals surface area contributed by atoms with Crippen molar-refractivity contribution in [3.05, 3.63) is 59.4 Å². The third-order valence-electron chi connectivity index (χ3n) is 7.01. The second-order valence-electron chi connectivity index (χ2n) is 10.0. The summed E-state index contributed by atoms with van der Waals surface area (Å²) in [5, 5.41) is 10.5. The van der Waals surface area contributed by atoms with Gasteiger partial charge in [-0.2, -0.15) is 13.2 Å². The van der Waals surface area contributed by atoms with Crippen molar-refractivity contribution in [1.29, 1.82) is 0 Å². The van der Waals surface area contributed by atoms with Gasteiger partial charge < -0.3 is 10.0 Å². The minimum absolute atomic E-state index is 0.0487. The number of halogens is 6. The van der Waals surface area contributed by atoms with Crippen molar-refractivity contribution < 1.29 is 44.7 Å². The molecule has 1 saturated heterocycles. The number of carbonyl (C=O) groups excluding carboxylic acids is 1. The predicted molar refractivity (Wildman–Crippen MR) is 126 cm³/mol. The first-order chi connectivity index (χ1) is 17.5. The van der Waals surface area contributed by atoms with E-state index in [1.165, 1.54) is 25.1 Å². The van der Waals surface area contributed by atoms with Crippen molar-refractivity contribution >= 4 is 15.9 Å². The molecule has 0 bridgehead atoms. The minimum atomic E-state index is -4.86. The highest BCUT2D eigenvalue weighted by Crippen LogP contribution is 2.50. The van der Waals surface area contributed by atoms with Crippen molar-refractivity contribution in [2.45, 2.75) is 63.0 Å². The quantitative estimate of drug-likeness (QED) is 0.476. The molecule has 1 heterocycles. The van der Waals surface area contributed by atoms with E-state index < -0.39 is 75.6 Å². The maximum Gasteiger partial charge on any atom is 0.392 e. The van der Waals surface area contributed by atoms with Gasteiger partial charge in [0.15, 0.2) is 0 Å². The van der Waals surface area contributed by atoms with Gasteiger partial charge in [-0.3, -0.25) is 4.79 Å². The highest BCUT2D eigenvalue weighted by atomic mass is 32.2. The lowest BCUT2D eigenvalue weighted by atomic mass is 9.93. The van der Waals surface area contributed by atoms with Gasteiger partial charge in [0.25, 0.3) is 5.91 Å². The Morgan fingerprint density at radius 2 is 1.76 bits per heavy atom. The Hall–Kier alpha value is -2.64. The zero-order valence-corrected chi connectivity index (χ0v) is 21.2. The van der Waals surface area contributed by atoms with E-state index in [2.05, 4.69) is 4.72 Å². The molecule has 0 aromatic heterocycles. The number of rotatable bonds is 8. The molecule has 5 atom stereocenters. The molecule has 2 aromatic rings. The average Bonchev–Trinajstić information content (AvgIpc) is 3.50. The lowest BCUT2D eigenvalue weighted by Gasteiger charge is -2.37. The van der Waals surface area contributed by atoms with E-state index in [0.717, 1.165) is 24.0 Å². The first-order valence-corrected chi connectivity index (χ1v) is 13.5. The van der Waals surface area contributed by atoms with E-state index in [-0.39, 0.29) is 28.9 Å². The van der Waals surface area contributed by atoms with Crippen LogP contribution in [0.25, 0.3) is 11.1 Å². The van der Waals surface area contributed by atoms with Gasteiger partial charge in [0.1, 0.15) is 23.1 Å². The number of hydrogen-bond acceptors (Lipinski definition) is 4. The monoisotopic (exact) mass is 564 g/mol. The summed E-state index contributed by atoms with van der Waals surface area (Å²) in [4.78, 5) is 14.3. The van der Waals surface area contributed by atoms with E-state index in [1.807, 2.05) is 0 Å². The van der Waals surface area contributed by atoms with Crippen LogP contribution in [0.2, 0.25) is 0 Å². The molecule has 208 valence electrons. The van der Waals surface area contributed by atoms with Gasteiger partial charge >= 0.3 is 6.18 Å². The van der Waals surface area contributed by atoms with Crippen LogP contribution >= 0.6 is 0 Å². The molecule has 13 heteroatoms. The Morgan fingerprint density at radius 1 is 1.13 bits per heavy atom. The highest BCUT2D eigenvalue weighted by Gasteiger charge is 2.63. The van der Waals surface area contributed by atoms with Crippen molar-refractivity contribution in [1.82, 2.24) is 9.62 Å². The first-order valence-electron chi connectivity index (χ1n) is 11.9. The fourth-order valence-corrected chi connectivity index (χ4v) is 6.15. The Bertz CT molecular complexity index is 1330. The molecule has 2 aliphatic rings. The summed E-state index contributed by atoms with van der Waals surface area (Å²) in [6.45, 7) is 2.12. The van der Waals surface area contributed by atoms with Crippen LogP contribution in [0.4, 0.5) is 26.3 Å². The number of aliphatic hydroxyl groups is 1. The molecule has 1 aliphatic carbocycles. The number of nitrogens with zero attached hydrogens (tertiary/aromatic N) is 1. The van der Waals surface area contributed by atoms with E-state index in [1.54, 1.807) is 0 Å². The normalized spacial score (nSPS) is 24.7. The number of carbonyl (C=O) groups is 1. The zero-order valence-electron chi connectivity index (χ0n) is 20.4. The molecular formula is C25H26F6N2O4S. The number of sulfonamides is 1. The zero-order chi connectivity index (χ0) is 28.2. The summed E-state index contributed by atoms with van der Waals surface area (Å²) in [6.07, 6.45) is -6.71. The Kier molecular flexibility index (Phi) is 7.34. The van der Waals surface area contributed by atoms with Gasteiger partial charge in [0.05, 0.1) is 18.2 Å². The number of piperidine rings is 1. The maximum atomic E-state index is 15.6. The first kappa shape index (κ1) is 28.4. The van der Waals surface area contributed by atoms with Crippen molar-refractivity contribution in [2.24, 2.45) is 5.92 Å². The number of amides is 1. The second-order valence-corrected chi connectivity index (χ2v) is 12.0. The molecule has 4 unspecified atom stereocenters. The molecule has 0 radical (unpaired) electrons. The number of likely N-dealkylation sites (tertiary alicyclic amines) is 1. The summed E-state index contributed by atoms with van der Waals surface area (Å²) in [7, 11) is -3.83. The fraction of sp³-hybridized carbons (Fsp3) is 0.480. The fourth-order valence-electron chi connectivity index (χ4n) is 5.23. The van der Waals surface area contributed by atoms with Gasteiger partial charge in [-0.25, -0.2) is 26.3 Å². The summed E-state index contributed by atoms with van der Waals surface area (Å²) < 4.78 is 110. The third kappa shape index (κ3) is 5.84. The van der Waals surface area contributed by atoms with E-state index in [9.17, 15) is 40.3 Å². The van der Waals surface area contributed by atoms with Crippen LogP contribution in [0, 0.1) is 23.4 Å². The molecule has 1 saturated carbocycles. The van der Waals surface area contributed by atoms with Crippen LogP contribution in [0.15, 0.2) is 36.4 Å². The summed E-state index contributed by atoms with van der Waals surface area (Å²) in [6, 6.07) is 3.80. The molecule has 4 rings (SSSR count). The minimum Gasteiger partial charge on any atom is -0.380 e. The van der Waals surface area contributed by atoms with Crippen molar-refractivity contribution in [2.75, 3.05) is 5.75 Å². The molecule has 38 heavy (non-hydrogen) atoms. The topological polar surface area (TPSA) is 86.7 Å². The van der Waals surface area contributed by atoms with Gasteiger partial charge in [0, 0.05) is 23.7 Å². The van der Waals surface area contributed by atoms with Gasteiger partial charge in [-0.1, -0.05) is 18.2 Å². The molecule has 6 nitrogen and oxygen atoms in total. The number of alkyl halides is 3. The Balaban J connectivity index is 1.73. The van der Waals surface area contributed by atoms with Crippen LogP contribution < -0.4 is 4.72 Å². The standard InChI is InChI=1S/C25H26F6N2O4S/c1-3-38(36,37)32-22-18-11-19(18)33(23(34)24(2,35)12-25(29,30)31)20(22)9-13-5-4-6-17(21(13)28)14-7-15(26)10-16(27)8-14/h4-8,10,18-20,22,32,35H,3,9,11-12H2,1-2H3/t18?,19?,20?,22?,24-/m0/s1. The molecule has 1 amide bonds. The SMILES string of the molecule is CCS(=O)(=O)NC1C2CC2N(C(=O)[C@@](C)(O)CC(F)(F)F)C1Cc1cccc(-c2cc(F)cc(F)c2)c1F. The largest absolute Gasteiger partial charge is 0.392 e. The van der Waals surface area contributed by atoms with Crippen molar-refractivity contribution in [3.8, 4) is 11.1 Å². The van der Waals surface area contributed by atoms with E-state index >= 15 is 4.39 Å². The van der Waals surface area contributed by atoms with Crippen LogP contribution in [0.3, 0.4) is 0 Å². The maximum absolute atomic E-state index is 15.6. The molecule has 0 spiro atoms. The second kappa shape index (κ2) is 9.83. The van der Waals surface area contributed by atoms with Crippen molar-refractivity contribution in [3.63, 3.8) is 0 Å². The molecular weight excluding hydrogens is 538 g/mol. The average molecular weight is 565 g/mol. The van der Waals surface area contributed by atoms with Crippen LogP contribution in [0.5, 0.6) is 0 Å². The molecule has 2 N–H and O–H groups in total. The number of benzene rings is 2.